The van der Waals surface area contributed by atoms with Crippen molar-refractivity contribution in [3.8, 4) is 5.75 Å². The maximum Gasteiger partial charge on any atom is 0.240 e. The Labute approximate surface area is 146 Å². The molecular formula is C17H20BrNO3S. The second-order valence-corrected chi connectivity index (χ2v) is 8.04. The Hall–Kier alpha value is -1.37. The van der Waals surface area contributed by atoms with Crippen molar-refractivity contribution in [2.45, 2.75) is 25.7 Å². The van der Waals surface area contributed by atoms with Gasteiger partial charge in [-0.2, -0.15) is 0 Å². The van der Waals surface area contributed by atoms with Crippen LogP contribution in [0.1, 0.15) is 16.7 Å². The van der Waals surface area contributed by atoms with Gasteiger partial charge in [-0.1, -0.05) is 28.1 Å². The number of aryl methyl sites for hydroxylation is 2. The first-order valence-corrected chi connectivity index (χ1v) is 9.54. The molecule has 0 bridgehead atoms. The Balaban J connectivity index is 1.95. The van der Waals surface area contributed by atoms with Crippen molar-refractivity contribution in [2.24, 2.45) is 0 Å². The van der Waals surface area contributed by atoms with Crippen LogP contribution in [0.5, 0.6) is 5.75 Å². The number of hydrogen-bond donors (Lipinski definition) is 1. The largest absolute Gasteiger partial charge is 0.492 e. The van der Waals surface area contributed by atoms with Crippen LogP contribution in [-0.4, -0.2) is 21.6 Å². The maximum absolute atomic E-state index is 12.2. The number of ether oxygens (including phenoxy) is 1. The normalized spacial score (nSPS) is 11.5. The van der Waals surface area contributed by atoms with E-state index in [1.54, 1.807) is 24.3 Å². The average Bonchev–Trinajstić information content (AvgIpc) is 2.51. The van der Waals surface area contributed by atoms with Crippen LogP contribution in [0.4, 0.5) is 0 Å². The zero-order valence-electron chi connectivity index (χ0n) is 13.4. The van der Waals surface area contributed by atoms with Crippen molar-refractivity contribution in [3.63, 3.8) is 0 Å². The quantitative estimate of drug-likeness (QED) is 0.755. The van der Waals surface area contributed by atoms with E-state index in [0.717, 1.165) is 26.9 Å². The fourth-order valence-electron chi connectivity index (χ4n) is 2.17. The van der Waals surface area contributed by atoms with Crippen LogP contribution in [-0.2, 0) is 10.0 Å². The standard InChI is InChI=1S/C17H20BrNO3S/c1-12-4-5-13(2)17(14(12)3)22-11-10-19-23(20,21)16-8-6-15(18)7-9-16/h4-9,19H,10-11H2,1-3H3. The number of nitrogens with one attached hydrogen (secondary N) is 1. The van der Waals surface area contributed by atoms with E-state index in [0.29, 0.717) is 0 Å². The molecule has 0 aliphatic heterocycles. The molecule has 0 atom stereocenters. The predicted octanol–water partition coefficient (Wildman–Crippen LogP) is 3.73. The van der Waals surface area contributed by atoms with E-state index < -0.39 is 10.0 Å². The fourth-order valence-corrected chi connectivity index (χ4v) is 3.45. The molecule has 1 N–H and O–H groups in total. The Bertz CT molecular complexity index is 786. The molecule has 4 nitrogen and oxygen atoms in total. The van der Waals surface area contributed by atoms with Crippen molar-refractivity contribution < 1.29 is 13.2 Å². The summed E-state index contributed by atoms with van der Waals surface area (Å²) in [4.78, 5) is 0.239. The van der Waals surface area contributed by atoms with Gasteiger partial charge < -0.3 is 4.74 Å². The maximum atomic E-state index is 12.2. The lowest BCUT2D eigenvalue weighted by molar-refractivity contribution is 0.318. The van der Waals surface area contributed by atoms with Crippen molar-refractivity contribution in [2.75, 3.05) is 13.2 Å². The number of sulfonamides is 1. The molecule has 124 valence electrons. The molecule has 0 aliphatic carbocycles. The number of hydrogen-bond acceptors (Lipinski definition) is 3. The minimum Gasteiger partial charge on any atom is -0.492 e. The molecule has 6 heteroatoms. The summed E-state index contributed by atoms with van der Waals surface area (Å²) >= 11 is 3.29. The van der Waals surface area contributed by atoms with Crippen LogP contribution in [0, 0.1) is 20.8 Å². The Kier molecular flexibility index (Phi) is 5.84. The second-order valence-electron chi connectivity index (χ2n) is 5.35. The van der Waals surface area contributed by atoms with Crippen LogP contribution in [0.15, 0.2) is 45.8 Å². The first kappa shape index (κ1) is 18.0. The van der Waals surface area contributed by atoms with Gasteiger partial charge in [0.15, 0.2) is 0 Å². The Morgan fingerprint density at radius 1 is 1.00 bits per heavy atom. The van der Waals surface area contributed by atoms with Crippen LogP contribution in [0.2, 0.25) is 0 Å². The minimum atomic E-state index is -3.51. The lowest BCUT2D eigenvalue weighted by Crippen LogP contribution is -2.28. The van der Waals surface area contributed by atoms with E-state index in [-0.39, 0.29) is 18.0 Å². The highest BCUT2D eigenvalue weighted by molar-refractivity contribution is 9.10. The van der Waals surface area contributed by atoms with Gasteiger partial charge in [-0.05, 0) is 61.7 Å². The molecule has 0 aliphatic rings. The predicted molar refractivity (Wildman–Crippen MR) is 95.5 cm³/mol. The lowest BCUT2D eigenvalue weighted by Gasteiger charge is -2.14. The first-order valence-electron chi connectivity index (χ1n) is 7.26. The van der Waals surface area contributed by atoms with Gasteiger partial charge in [0.2, 0.25) is 10.0 Å². The fraction of sp³-hybridized carbons (Fsp3) is 0.294. The highest BCUT2D eigenvalue weighted by Crippen LogP contribution is 2.25. The van der Waals surface area contributed by atoms with Crippen molar-refractivity contribution in [3.05, 3.63) is 57.6 Å². The van der Waals surface area contributed by atoms with E-state index in [9.17, 15) is 8.42 Å². The van der Waals surface area contributed by atoms with Gasteiger partial charge in [-0.15, -0.1) is 0 Å². The molecule has 2 aromatic carbocycles. The van der Waals surface area contributed by atoms with Gasteiger partial charge in [0.05, 0.1) is 4.90 Å². The monoisotopic (exact) mass is 397 g/mol. The van der Waals surface area contributed by atoms with E-state index in [2.05, 4.69) is 20.7 Å². The summed E-state index contributed by atoms with van der Waals surface area (Å²) in [7, 11) is -3.51. The molecule has 2 aromatic rings. The molecule has 0 fully saturated rings. The van der Waals surface area contributed by atoms with E-state index in [4.69, 9.17) is 4.74 Å². The summed E-state index contributed by atoms with van der Waals surface area (Å²) in [5.41, 5.74) is 3.28. The van der Waals surface area contributed by atoms with Gasteiger partial charge in [-0.25, -0.2) is 13.1 Å². The van der Waals surface area contributed by atoms with E-state index in [1.165, 1.54) is 0 Å². The summed E-state index contributed by atoms with van der Waals surface area (Å²) < 4.78 is 33.5. The van der Waals surface area contributed by atoms with E-state index >= 15 is 0 Å². The third kappa shape index (κ3) is 4.56. The molecular weight excluding hydrogens is 378 g/mol. The minimum absolute atomic E-state index is 0.214. The van der Waals surface area contributed by atoms with E-state index in [1.807, 2.05) is 32.9 Å². The smallest absolute Gasteiger partial charge is 0.240 e. The zero-order valence-corrected chi connectivity index (χ0v) is 15.8. The summed E-state index contributed by atoms with van der Waals surface area (Å²) in [6.07, 6.45) is 0. The van der Waals surface area contributed by atoms with Crippen molar-refractivity contribution in [1.82, 2.24) is 4.72 Å². The molecule has 2 rings (SSSR count). The average molecular weight is 398 g/mol. The molecule has 23 heavy (non-hydrogen) atoms. The first-order chi connectivity index (χ1) is 10.8. The van der Waals surface area contributed by atoms with Crippen LogP contribution in [0.3, 0.4) is 0 Å². The highest BCUT2D eigenvalue weighted by atomic mass is 79.9. The molecule has 0 unspecified atom stereocenters. The van der Waals surface area contributed by atoms with Crippen molar-refractivity contribution >= 4 is 26.0 Å². The van der Waals surface area contributed by atoms with Gasteiger partial charge in [0, 0.05) is 11.0 Å². The van der Waals surface area contributed by atoms with Crippen LogP contribution >= 0.6 is 15.9 Å². The molecule has 0 radical (unpaired) electrons. The Morgan fingerprint density at radius 2 is 1.61 bits per heavy atom. The second kappa shape index (κ2) is 7.47. The van der Waals surface area contributed by atoms with Gasteiger partial charge in [0.25, 0.3) is 0 Å². The molecule has 0 aromatic heterocycles. The van der Waals surface area contributed by atoms with Gasteiger partial charge >= 0.3 is 0 Å². The van der Waals surface area contributed by atoms with Crippen LogP contribution < -0.4 is 9.46 Å². The molecule has 0 spiro atoms. The third-order valence-corrected chi connectivity index (χ3v) is 5.64. The number of halogens is 1. The molecule has 0 saturated heterocycles. The molecule has 0 amide bonds. The molecule has 0 heterocycles. The SMILES string of the molecule is Cc1ccc(C)c(OCCNS(=O)(=O)c2ccc(Br)cc2)c1C. The molecule has 0 saturated carbocycles. The third-order valence-electron chi connectivity index (χ3n) is 3.64. The lowest BCUT2D eigenvalue weighted by atomic mass is 10.1. The van der Waals surface area contributed by atoms with Crippen molar-refractivity contribution in [1.29, 1.82) is 0 Å². The summed E-state index contributed by atoms with van der Waals surface area (Å²) in [5.74, 6) is 0.827. The van der Waals surface area contributed by atoms with Gasteiger partial charge in [-0.3, -0.25) is 0 Å². The van der Waals surface area contributed by atoms with Crippen LogP contribution in [0.25, 0.3) is 0 Å². The highest BCUT2D eigenvalue weighted by Gasteiger charge is 2.13. The van der Waals surface area contributed by atoms with Gasteiger partial charge in [0.1, 0.15) is 12.4 Å². The zero-order chi connectivity index (χ0) is 17.0. The Morgan fingerprint density at radius 3 is 2.26 bits per heavy atom. The topological polar surface area (TPSA) is 55.4 Å². The summed E-state index contributed by atoms with van der Waals surface area (Å²) in [6.45, 7) is 6.50. The number of rotatable bonds is 6. The summed E-state index contributed by atoms with van der Waals surface area (Å²) in [5, 5.41) is 0. The number of benzene rings is 2. The summed E-state index contributed by atoms with van der Waals surface area (Å²) in [6, 6.07) is 10.6.